The van der Waals surface area contributed by atoms with E-state index in [1.807, 2.05) is 10.7 Å². The van der Waals surface area contributed by atoms with Crippen molar-refractivity contribution in [2.45, 2.75) is 52.4 Å². The first-order valence-corrected chi connectivity index (χ1v) is 9.46. The van der Waals surface area contributed by atoms with Crippen LogP contribution >= 0.6 is 0 Å². The normalized spacial score (nSPS) is 18.8. The van der Waals surface area contributed by atoms with E-state index in [-0.39, 0.29) is 0 Å². The molecule has 140 valence electrons. The fourth-order valence-corrected chi connectivity index (χ4v) is 3.68. The summed E-state index contributed by atoms with van der Waals surface area (Å²) in [5, 5.41) is 4.59. The lowest BCUT2D eigenvalue weighted by Gasteiger charge is -2.25. The van der Waals surface area contributed by atoms with Crippen molar-refractivity contribution < 1.29 is 14.2 Å². The minimum absolute atomic E-state index is 0.313. The smallest absolute Gasteiger partial charge is 0.231 e. The fourth-order valence-electron chi connectivity index (χ4n) is 3.68. The minimum Gasteiger partial charge on any atom is -0.454 e. The topological polar surface area (TPSA) is 48.8 Å². The van der Waals surface area contributed by atoms with Gasteiger partial charge in [-0.2, -0.15) is 5.10 Å². The molecule has 1 saturated heterocycles. The van der Waals surface area contributed by atoms with Gasteiger partial charge in [-0.15, -0.1) is 0 Å². The summed E-state index contributed by atoms with van der Waals surface area (Å²) in [6.07, 6.45) is 4.79. The van der Waals surface area contributed by atoms with Gasteiger partial charge in [0.15, 0.2) is 11.5 Å². The monoisotopic (exact) mass is 357 g/mol. The van der Waals surface area contributed by atoms with Crippen molar-refractivity contribution in [3.63, 3.8) is 0 Å². The molecule has 6 nitrogen and oxygen atoms in total. The molecule has 0 spiro atoms. The molecule has 1 unspecified atom stereocenters. The molecular formula is C20H27N3O3. The highest BCUT2D eigenvalue weighted by Gasteiger charge is 2.21. The van der Waals surface area contributed by atoms with E-state index in [1.54, 1.807) is 0 Å². The van der Waals surface area contributed by atoms with E-state index in [9.17, 15) is 0 Å². The highest BCUT2D eigenvalue weighted by molar-refractivity contribution is 5.44. The molecular weight excluding hydrogens is 330 g/mol. The van der Waals surface area contributed by atoms with Gasteiger partial charge in [0.2, 0.25) is 6.79 Å². The number of ether oxygens (including phenoxy) is 3. The number of rotatable bonds is 7. The largest absolute Gasteiger partial charge is 0.454 e. The molecule has 1 aromatic heterocycles. The molecule has 6 heteroatoms. The van der Waals surface area contributed by atoms with E-state index in [1.165, 1.54) is 11.1 Å². The van der Waals surface area contributed by atoms with Gasteiger partial charge in [0.25, 0.3) is 0 Å². The predicted octanol–water partition coefficient (Wildman–Crippen LogP) is 3.12. The summed E-state index contributed by atoms with van der Waals surface area (Å²) in [5.74, 6) is 1.68. The number of aromatic nitrogens is 2. The van der Waals surface area contributed by atoms with Crippen LogP contribution in [-0.4, -0.2) is 40.7 Å². The van der Waals surface area contributed by atoms with Crippen molar-refractivity contribution in [3.05, 3.63) is 41.2 Å². The van der Waals surface area contributed by atoms with Crippen molar-refractivity contribution in [2.24, 2.45) is 0 Å². The summed E-state index contributed by atoms with van der Waals surface area (Å²) in [6.45, 7) is 8.97. The van der Waals surface area contributed by atoms with Crippen LogP contribution in [0.3, 0.4) is 0 Å². The standard InChI is InChI=1S/C20H27N3O3/c1-3-23-12-17(15(2)21-23)11-22(13-18-5-4-8-24-18)10-16-6-7-19-20(9-16)26-14-25-19/h6-7,9,12,18H,3-5,8,10-11,13-14H2,1-2H3. The van der Waals surface area contributed by atoms with Gasteiger partial charge < -0.3 is 14.2 Å². The zero-order valence-corrected chi connectivity index (χ0v) is 15.6. The molecule has 0 amide bonds. The summed E-state index contributed by atoms with van der Waals surface area (Å²) >= 11 is 0. The Morgan fingerprint density at radius 2 is 2.12 bits per heavy atom. The van der Waals surface area contributed by atoms with E-state index in [4.69, 9.17) is 14.2 Å². The number of benzene rings is 1. The summed E-state index contributed by atoms with van der Waals surface area (Å²) in [7, 11) is 0. The van der Waals surface area contributed by atoms with Crippen molar-refractivity contribution >= 4 is 0 Å². The highest BCUT2D eigenvalue weighted by Crippen LogP contribution is 2.33. The Labute approximate surface area is 154 Å². The van der Waals surface area contributed by atoms with Gasteiger partial charge in [-0.05, 0) is 44.4 Å². The number of aryl methyl sites for hydroxylation is 2. The maximum atomic E-state index is 5.88. The van der Waals surface area contributed by atoms with Crippen LogP contribution in [0.5, 0.6) is 11.5 Å². The van der Waals surface area contributed by atoms with E-state index in [0.29, 0.717) is 12.9 Å². The van der Waals surface area contributed by atoms with Crippen LogP contribution in [0.4, 0.5) is 0 Å². The summed E-state index contributed by atoms with van der Waals surface area (Å²) in [4.78, 5) is 2.46. The molecule has 2 aromatic rings. The van der Waals surface area contributed by atoms with Crippen LogP contribution in [0.25, 0.3) is 0 Å². The van der Waals surface area contributed by atoms with Crippen LogP contribution in [0.2, 0.25) is 0 Å². The Morgan fingerprint density at radius 3 is 2.88 bits per heavy atom. The zero-order chi connectivity index (χ0) is 17.9. The summed E-state index contributed by atoms with van der Waals surface area (Å²) in [5.41, 5.74) is 3.62. The van der Waals surface area contributed by atoms with Gasteiger partial charge in [-0.25, -0.2) is 0 Å². The first-order valence-electron chi connectivity index (χ1n) is 9.46. The molecule has 1 atom stereocenters. The number of hydrogen-bond acceptors (Lipinski definition) is 5. The molecule has 0 radical (unpaired) electrons. The average molecular weight is 357 g/mol. The first kappa shape index (κ1) is 17.4. The maximum absolute atomic E-state index is 5.88. The Bertz CT molecular complexity index is 753. The van der Waals surface area contributed by atoms with Crippen molar-refractivity contribution in [3.8, 4) is 11.5 Å². The molecule has 0 aliphatic carbocycles. The molecule has 1 aromatic carbocycles. The van der Waals surface area contributed by atoms with Gasteiger partial charge in [0.05, 0.1) is 11.8 Å². The van der Waals surface area contributed by atoms with E-state index in [0.717, 1.165) is 62.8 Å². The van der Waals surface area contributed by atoms with Crippen molar-refractivity contribution in [1.82, 2.24) is 14.7 Å². The van der Waals surface area contributed by atoms with Gasteiger partial charge in [0.1, 0.15) is 0 Å². The third-order valence-electron chi connectivity index (χ3n) is 5.09. The molecule has 1 fully saturated rings. The van der Waals surface area contributed by atoms with Crippen molar-refractivity contribution in [2.75, 3.05) is 19.9 Å². The van der Waals surface area contributed by atoms with Crippen LogP contribution in [0, 0.1) is 6.92 Å². The highest BCUT2D eigenvalue weighted by atomic mass is 16.7. The molecule has 3 heterocycles. The van der Waals surface area contributed by atoms with Crippen LogP contribution in [-0.2, 0) is 24.4 Å². The number of nitrogens with zero attached hydrogens (tertiary/aromatic N) is 3. The second kappa shape index (κ2) is 7.68. The average Bonchev–Trinajstić information content (AvgIpc) is 3.36. The molecule has 0 bridgehead atoms. The van der Waals surface area contributed by atoms with E-state index >= 15 is 0 Å². The Balaban J connectivity index is 1.50. The quantitative estimate of drug-likeness (QED) is 0.762. The summed E-state index contributed by atoms with van der Waals surface area (Å²) in [6, 6.07) is 6.22. The lowest BCUT2D eigenvalue weighted by molar-refractivity contribution is 0.0678. The third-order valence-corrected chi connectivity index (χ3v) is 5.09. The molecule has 0 saturated carbocycles. The molecule has 4 rings (SSSR count). The zero-order valence-electron chi connectivity index (χ0n) is 15.6. The third kappa shape index (κ3) is 3.86. The SMILES string of the molecule is CCn1cc(CN(Cc2ccc3c(c2)OCO3)CC2CCCO2)c(C)n1. The van der Waals surface area contributed by atoms with E-state index in [2.05, 4.69) is 42.2 Å². The molecule has 2 aliphatic heterocycles. The Morgan fingerprint density at radius 1 is 1.23 bits per heavy atom. The lowest BCUT2D eigenvalue weighted by atomic mass is 10.1. The second-order valence-corrected chi connectivity index (χ2v) is 7.09. The Hall–Kier alpha value is -2.05. The lowest BCUT2D eigenvalue weighted by Crippen LogP contribution is -2.31. The van der Waals surface area contributed by atoms with Gasteiger partial charge in [-0.1, -0.05) is 6.07 Å². The number of hydrogen-bond donors (Lipinski definition) is 0. The maximum Gasteiger partial charge on any atom is 0.231 e. The second-order valence-electron chi connectivity index (χ2n) is 7.09. The van der Waals surface area contributed by atoms with E-state index < -0.39 is 0 Å². The van der Waals surface area contributed by atoms with Crippen LogP contribution < -0.4 is 9.47 Å². The van der Waals surface area contributed by atoms with Crippen LogP contribution in [0.1, 0.15) is 36.6 Å². The fraction of sp³-hybridized carbons (Fsp3) is 0.550. The molecule has 26 heavy (non-hydrogen) atoms. The van der Waals surface area contributed by atoms with Gasteiger partial charge >= 0.3 is 0 Å². The van der Waals surface area contributed by atoms with Gasteiger partial charge in [-0.3, -0.25) is 9.58 Å². The first-order chi connectivity index (χ1) is 12.7. The number of fused-ring (bicyclic) bond motifs is 1. The minimum atomic E-state index is 0.313. The predicted molar refractivity (Wildman–Crippen MR) is 98.3 cm³/mol. The summed E-state index contributed by atoms with van der Waals surface area (Å²) < 4.78 is 18.8. The molecule has 0 N–H and O–H groups in total. The Kier molecular flexibility index (Phi) is 5.13. The van der Waals surface area contributed by atoms with Crippen molar-refractivity contribution in [1.29, 1.82) is 0 Å². The van der Waals surface area contributed by atoms with Gasteiger partial charge in [0, 0.05) is 44.5 Å². The molecule has 2 aliphatic rings. The van der Waals surface area contributed by atoms with Crippen LogP contribution in [0.15, 0.2) is 24.4 Å².